The van der Waals surface area contributed by atoms with Crippen molar-refractivity contribution in [3.05, 3.63) is 75.7 Å². The molecule has 0 bridgehead atoms. The maximum atomic E-state index is 13.0. The SMILES string of the molecule is COC(=O)c1sc(N2C(=O)C(=O)C(=C(O)c3ccc(C)cc3)[C@@H]2c2ccco2)nc1C. The van der Waals surface area contributed by atoms with Crippen LogP contribution in [0.1, 0.15) is 38.3 Å². The van der Waals surface area contributed by atoms with Crippen LogP contribution in [-0.2, 0) is 14.3 Å². The Morgan fingerprint density at radius 3 is 2.52 bits per heavy atom. The van der Waals surface area contributed by atoms with Gasteiger partial charge in [-0.2, -0.15) is 0 Å². The van der Waals surface area contributed by atoms with Crippen molar-refractivity contribution in [2.24, 2.45) is 0 Å². The van der Waals surface area contributed by atoms with Gasteiger partial charge in [-0.15, -0.1) is 0 Å². The number of carbonyl (C=O) groups is 3. The fourth-order valence-corrected chi connectivity index (χ4v) is 4.39. The van der Waals surface area contributed by atoms with E-state index in [1.54, 1.807) is 43.3 Å². The zero-order chi connectivity index (χ0) is 22.3. The molecule has 2 aromatic heterocycles. The highest BCUT2D eigenvalue weighted by Crippen LogP contribution is 2.44. The lowest BCUT2D eigenvalue weighted by atomic mass is 9.99. The fraction of sp³-hybridized carbons (Fsp3) is 0.182. The van der Waals surface area contributed by atoms with Crippen LogP contribution in [0.15, 0.2) is 52.7 Å². The molecule has 0 unspecified atom stereocenters. The summed E-state index contributed by atoms with van der Waals surface area (Å²) in [6.07, 6.45) is 1.41. The summed E-state index contributed by atoms with van der Waals surface area (Å²) in [6, 6.07) is 9.11. The summed E-state index contributed by atoms with van der Waals surface area (Å²) in [4.78, 5) is 43.7. The quantitative estimate of drug-likeness (QED) is 0.286. The van der Waals surface area contributed by atoms with Crippen LogP contribution in [0.4, 0.5) is 5.13 Å². The maximum Gasteiger partial charge on any atom is 0.350 e. The number of aromatic nitrogens is 1. The molecule has 1 aliphatic rings. The van der Waals surface area contributed by atoms with E-state index in [1.165, 1.54) is 13.4 Å². The number of esters is 1. The molecule has 1 aromatic carbocycles. The number of hydrogen-bond donors (Lipinski definition) is 1. The highest BCUT2D eigenvalue weighted by atomic mass is 32.1. The molecule has 3 aromatic rings. The molecule has 1 amide bonds. The summed E-state index contributed by atoms with van der Waals surface area (Å²) in [6.45, 7) is 3.51. The number of carbonyl (C=O) groups excluding carboxylic acids is 3. The van der Waals surface area contributed by atoms with Crippen LogP contribution in [-0.4, -0.2) is 34.9 Å². The summed E-state index contributed by atoms with van der Waals surface area (Å²) in [7, 11) is 1.25. The molecule has 1 atom stereocenters. The van der Waals surface area contributed by atoms with Crippen LogP contribution in [0, 0.1) is 13.8 Å². The molecular formula is C22H18N2O6S. The number of ether oxygens (including phenoxy) is 1. The summed E-state index contributed by atoms with van der Waals surface area (Å²) in [5.74, 6) is -2.37. The minimum atomic E-state index is -1.03. The van der Waals surface area contributed by atoms with E-state index in [0.717, 1.165) is 21.8 Å². The first-order valence-corrected chi connectivity index (χ1v) is 10.1. The van der Waals surface area contributed by atoms with Gasteiger partial charge in [0.1, 0.15) is 22.4 Å². The van der Waals surface area contributed by atoms with Gasteiger partial charge in [-0.3, -0.25) is 14.5 Å². The van der Waals surface area contributed by atoms with E-state index in [2.05, 4.69) is 4.98 Å². The lowest BCUT2D eigenvalue weighted by Gasteiger charge is -2.20. The number of Topliss-reactive ketones (excluding diaryl/α,β-unsaturated/α-hetero) is 1. The summed E-state index contributed by atoms with van der Waals surface area (Å²) < 4.78 is 10.3. The van der Waals surface area contributed by atoms with Crippen molar-refractivity contribution >= 4 is 39.9 Å². The van der Waals surface area contributed by atoms with E-state index in [9.17, 15) is 19.5 Å². The normalized spacial score (nSPS) is 17.9. The Labute approximate surface area is 181 Å². The number of benzene rings is 1. The monoisotopic (exact) mass is 438 g/mol. The zero-order valence-corrected chi connectivity index (χ0v) is 17.7. The lowest BCUT2D eigenvalue weighted by molar-refractivity contribution is -0.132. The number of hydrogen-bond acceptors (Lipinski definition) is 8. The number of furan rings is 1. The van der Waals surface area contributed by atoms with Crippen LogP contribution in [0.5, 0.6) is 0 Å². The number of aliphatic hydroxyl groups is 1. The van der Waals surface area contributed by atoms with Crippen LogP contribution in [0.2, 0.25) is 0 Å². The van der Waals surface area contributed by atoms with Crippen molar-refractivity contribution < 1.29 is 28.6 Å². The van der Waals surface area contributed by atoms with Gasteiger partial charge in [0, 0.05) is 5.56 Å². The number of aliphatic hydroxyl groups excluding tert-OH is 1. The molecule has 1 fully saturated rings. The Bertz CT molecular complexity index is 1210. The van der Waals surface area contributed by atoms with Gasteiger partial charge in [-0.05, 0) is 26.0 Å². The van der Waals surface area contributed by atoms with Gasteiger partial charge >= 0.3 is 11.9 Å². The van der Waals surface area contributed by atoms with Gasteiger partial charge in [-0.1, -0.05) is 41.2 Å². The molecule has 0 aliphatic carbocycles. The third-order valence-electron chi connectivity index (χ3n) is 4.94. The second kappa shape index (κ2) is 7.84. The zero-order valence-electron chi connectivity index (χ0n) is 16.9. The van der Waals surface area contributed by atoms with E-state index < -0.39 is 23.7 Å². The number of ketones is 1. The second-order valence-corrected chi connectivity index (χ2v) is 7.93. The van der Waals surface area contributed by atoms with E-state index in [1.807, 2.05) is 6.92 Å². The first kappa shape index (κ1) is 20.5. The van der Waals surface area contributed by atoms with Crippen molar-refractivity contribution in [3.8, 4) is 0 Å². The minimum Gasteiger partial charge on any atom is -0.507 e. The molecule has 0 saturated carbocycles. The Morgan fingerprint density at radius 1 is 1.19 bits per heavy atom. The highest BCUT2D eigenvalue weighted by Gasteiger charge is 2.49. The molecule has 1 saturated heterocycles. The number of anilines is 1. The fourth-order valence-electron chi connectivity index (χ4n) is 3.38. The van der Waals surface area contributed by atoms with Crippen molar-refractivity contribution in [1.29, 1.82) is 0 Å². The third-order valence-corrected chi connectivity index (χ3v) is 6.08. The van der Waals surface area contributed by atoms with Gasteiger partial charge in [0.15, 0.2) is 5.13 Å². The number of thiazole rings is 1. The predicted molar refractivity (Wildman–Crippen MR) is 113 cm³/mol. The maximum absolute atomic E-state index is 13.0. The molecule has 9 heteroatoms. The Hall–Kier alpha value is -3.72. The van der Waals surface area contributed by atoms with Gasteiger partial charge in [0.2, 0.25) is 0 Å². The molecule has 3 heterocycles. The first-order chi connectivity index (χ1) is 14.8. The van der Waals surface area contributed by atoms with Crippen LogP contribution >= 0.6 is 11.3 Å². The van der Waals surface area contributed by atoms with Crippen molar-refractivity contribution in [1.82, 2.24) is 4.98 Å². The van der Waals surface area contributed by atoms with Crippen LogP contribution in [0.25, 0.3) is 5.76 Å². The molecule has 0 spiro atoms. The van der Waals surface area contributed by atoms with Gasteiger partial charge in [0.05, 0.1) is 24.6 Å². The average molecular weight is 438 g/mol. The standard InChI is InChI=1S/C22H18N2O6S/c1-11-6-8-13(9-7-11)17(25)15-16(14-5-4-10-30-14)24(20(27)18(15)26)22-23-12(2)19(31-22)21(28)29-3/h4-10,16,25H,1-3H3/t16-/m0/s1. The molecule has 31 heavy (non-hydrogen) atoms. The molecule has 1 aliphatic heterocycles. The summed E-state index contributed by atoms with van der Waals surface area (Å²) in [5.41, 5.74) is 1.63. The van der Waals surface area contributed by atoms with Crippen molar-refractivity contribution in [3.63, 3.8) is 0 Å². The Balaban J connectivity index is 1.90. The average Bonchev–Trinajstić information content (AvgIpc) is 3.47. The first-order valence-electron chi connectivity index (χ1n) is 9.30. The second-order valence-electron chi connectivity index (χ2n) is 6.95. The smallest absolute Gasteiger partial charge is 0.350 e. The summed E-state index contributed by atoms with van der Waals surface area (Å²) in [5, 5.41) is 11.1. The number of aryl methyl sites for hydroxylation is 2. The van der Waals surface area contributed by atoms with Crippen molar-refractivity contribution in [2.45, 2.75) is 19.9 Å². The Morgan fingerprint density at radius 2 is 1.90 bits per heavy atom. The van der Waals surface area contributed by atoms with E-state index in [-0.39, 0.29) is 27.1 Å². The molecule has 158 valence electrons. The topological polar surface area (TPSA) is 110 Å². The molecule has 1 N–H and O–H groups in total. The van der Waals surface area contributed by atoms with E-state index in [0.29, 0.717) is 11.3 Å². The van der Waals surface area contributed by atoms with Crippen molar-refractivity contribution in [2.75, 3.05) is 12.0 Å². The third kappa shape index (κ3) is 3.42. The van der Waals surface area contributed by atoms with Crippen LogP contribution < -0.4 is 4.90 Å². The van der Waals surface area contributed by atoms with E-state index in [4.69, 9.17) is 9.15 Å². The van der Waals surface area contributed by atoms with E-state index >= 15 is 0 Å². The number of nitrogens with zero attached hydrogens (tertiary/aromatic N) is 2. The number of rotatable bonds is 4. The van der Waals surface area contributed by atoms with Gasteiger partial charge in [-0.25, -0.2) is 9.78 Å². The molecule has 8 nitrogen and oxygen atoms in total. The molecule has 4 rings (SSSR count). The summed E-state index contributed by atoms with van der Waals surface area (Å²) >= 11 is 0.929. The molecular weight excluding hydrogens is 420 g/mol. The van der Waals surface area contributed by atoms with Gasteiger partial charge < -0.3 is 14.3 Å². The lowest BCUT2D eigenvalue weighted by Crippen LogP contribution is -2.29. The predicted octanol–water partition coefficient (Wildman–Crippen LogP) is 3.77. The number of amides is 1. The largest absolute Gasteiger partial charge is 0.507 e. The number of methoxy groups -OCH3 is 1. The highest BCUT2D eigenvalue weighted by molar-refractivity contribution is 7.17. The minimum absolute atomic E-state index is 0.115. The Kier molecular flexibility index (Phi) is 5.20. The van der Waals surface area contributed by atoms with Crippen LogP contribution in [0.3, 0.4) is 0 Å². The van der Waals surface area contributed by atoms with Gasteiger partial charge in [0.25, 0.3) is 5.78 Å². The molecule has 0 radical (unpaired) electrons.